The highest BCUT2D eigenvalue weighted by Gasteiger charge is 2.07. The Morgan fingerprint density at radius 3 is 2.46 bits per heavy atom. The lowest BCUT2D eigenvalue weighted by Crippen LogP contribution is -2.11. The number of pyridine rings is 1. The van der Waals surface area contributed by atoms with E-state index in [1.165, 1.54) is 5.56 Å². The van der Waals surface area contributed by atoms with Crippen molar-refractivity contribution in [2.75, 3.05) is 23.8 Å². The molecule has 0 aliphatic heterocycles. The van der Waals surface area contributed by atoms with Crippen molar-refractivity contribution in [2.24, 2.45) is 0 Å². The SMILES string of the molecule is OCCNc1nc(NCc2ccccc2)cc(-c2ccccn2)n1. The highest BCUT2D eigenvalue weighted by atomic mass is 16.3. The number of aliphatic hydroxyl groups is 1. The molecular weight excluding hydrogens is 302 g/mol. The first-order valence-corrected chi connectivity index (χ1v) is 7.78. The van der Waals surface area contributed by atoms with Crippen LogP contribution in [0.2, 0.25) is 0 Å². The maximum Gasteiger partial charge on any atom is 0.225 e. The van der Waals surface area contributed by atoms with Crippen LogP contribution < -0.4 is 10.6 Å². The second-order valence-corrected chi connectivity index (χ2v) is 5.17. The molecule has 1 aromatic carbocycles. The summed E-state index contributed by atoms with van der Waals surface area (Å²) in [6.07, 6.45) is 1.73. The number of hydrogen-bond acceptors (Lipinski definition) is 6. The van der Waals surface area contributed by atoms with E-state index >= 15 is 0 Å². The predicted molar refractivity (Wildman–Crippen MR) is 94.6 cm³/mol. The van der Waals surface area contributed by atoms with Gasteiger partial charge in [-0.3, -0.25) is 4.98 Å². The summed E-state index contributed by atoms with van der Waals surface area (Å²) < 4.78 is 0. The van der Waals surface area contributed by atoms with Crippen molar-refractivity contribution in [3.05, 3.63) is 66.4 Å². The first-order valence-electron chi connectivity index (χ1n) is 7.78. The number of rotatable bonds is 7. The van der Waals surface area contributed by atoms with Gasteiger partial charge in [0.25, 0.3) is 0 Å². The van der Waals surface area contributed by atoms with Crippen LogP contribution >= 0.6 is 0 Å². The van der Waals surface area contributed by atoms with Gasteiger partial charge in [0.15, 0.2) is 0 Å². The minimum absolute atomic E-state index is 0.0178. The Hall–Kier alpha value is -2.99. The number of aromatic nitrogens is 3. The second-order valence-electron chi connectivity index (χ2n) is 5.17. The molecular formula is C18H19N5O. The summed E-state index contributed by atoms with van der Waals surface area (Å²) in [5, 5.41) is 15.3. The van der Waals surface area contributed by atoms with Gasteiger partial charge in [-0.05, 0) is 17.7 Å². The van der Waals surface area contributed by atoms with E-state index in [1.54, 1.807) is 6.20 Å². The lowest BCUT2D eigenvalue weighted by Gasteiger charge is -2.11. The molecule has 0 saturated carbocycles. The zero-order chi connectivity index (χ0) is 16.6. The zero-order valence-corrected chi connectivity index (χ0v) is 13.2. The van der Waals surface area contributed by atoms with E-state index < -0.39 is 0 Å². The van der Waals surface area contributed by atoms with Crippen LogP contribution in [0.3, 0.4) is 0 Å². The van der Waals surface area contributed by atoms with Crippen molar-refractivity contribution in [1.29, 1.82) is 0 Å². The molecule has 0 radical (unpaired) electrons. The molecule has 0 fully saturated rings. The Balaban J connectivity index is 1.84. The van der Waals surface area contributed by atoms with Crippen molar-refractivity contribution in [3.8, 4) is 11.4 Å². The molecule has 24 heavy (non-hydrogen) atoms. The van der Waals surface area contributed by atoms with Gasteiger partial charge in [-0.25, -0.2) is 4.98 Å². The molecule has 0 unspecified atom stereocenters. The Morgan fingerprint density at radius 2 is 1.71 bits per heavy atom. The maximum absolute atomic E-state index is 8.99. The third kappa shape index (κ3) is 4.27. The molecule has 0 aliphatic rings. The third-order valence-electron chi connectivity index (χ3n) is 3.36. The minimum Gasteiger partial charge on any atom is -0.395 e. The first-order chi connectivity index (χ1) is 11.8. The molecule has 0 aliphatic carbocycles. The molecule has 0 atom stereocenters. The fraction of sp³-hybridized carbons (Fsp3) is 0.167. The maximum atomic E-state index is 8.99. The molecule has 0 spiro atoms. The van der Waals surface area contributed by atoms with Crippen LogP contribution in [-0.4, -0.2) is 33.2 Å². The van der Waals surface area contributed by atoms with E-state index in [2.05, 4.69) is 37.7 Å². The van der Waals surface area contributed by atoms with Crippen LogP contribution in [0.5, 0.6) is 0 Å². The average Bonchev–Trinajstić information content (AvgIpc) is 2.66. The zero-order valence-electron chi connectivity index (χ0n) is 13.2. The number of anilines is 2. The molecule has 0 amide bonds. The third-order valence-corrected chi connectivity index (χ3v) is 3.36. The normalized spacial score (nSPS) is 10.4. The van der Waals surface area contributed by atoms with Crippen LogP contribution in [-0.2, 0) is 6.54 Å². The lowest BCUT2D eigenvalue weighted by atomic mass is 10.2. The quantitative estimate of drug-likeness (QED) is 0.620. The number of nitrogens with one attached hydrogen (secondary N) is 2. The van der Waals surface area contributed by atoms with Gasteiger partial charge in [-0.15, -0.1) is 0 Å². The standard InChI is InChI=1S/C18H19N5O/c24-11-10-20-18-22-16(15-8-4-5-9-19-15)12-17(23-18)21-13-14-6-2-1-3-7-14/h1-9,12,24H,10-11,13H2,(H2,20,21,22,23). The molecule has 0 bridgehead atoms. The van der Waals surface area contributed by atoms with E-state index in [4.69, 9.17) is 5.11 Å². The van der Waals surface area contributed by atoms with Crippen LogP contribution in [0.25, 0.3) is 11.4 Å². The Labute approximate surface area is 140 Å². The van der Waals surface area contributed by atoms with Crippen molar-refractivity contribution in [2.45, 2.75) is 6.54 Å². The van der Waals surface area contributed by atoms with E-state index in [0.29, 0.717) is 24.9 Å². The summed E-state index contributed by atoms with van der Waals surface area (Å²) in [7, 11) is 0. The largest absolute Gasteiger partial charge is 0.395 e. The summed E-state index contributed by atoms with van der Waals surface area (Å²) in [4.78, 5) is 13.2. The van der Waals surface area contributed by atoms with Gasteiger partial charge in [0.2, 0.25) is 5.95 Å². The fourth-order valence-corrected chi connectivity index (χ4v) is 2.22. The highest BCUT2D eigenvalue weighted by molar-refractivity contribution is 5.60. The summed E-state index contributed by atoms with van der Waals surface area (Å²) in [5.74, 6) is 1.16. The minimum atomic E-state index is 0.0178. The van der Waals surface area contributed by atoms with E-state index in [1.807, 2.05) is 42.5 Å². The highest BCUT2D eigenvalue weighted by Crippen LogP contribution is 2.19. The number of aliphatic hydroxyl groups excluding tert-OH is 1. The second kappa shape index (κ2) is 8.03. The van der Waals surface area contributed by atoms with E-state index in [0.717, 1.165) is 11.4 Å². The molecule has 3 rings (SSSR count). The number of hydrogen-bond donors (Lipinski definition) is 3. The van der Waals surface area contributed by atoms with Crippen molar-refractivity contribution >= 4 is 11.8 Å². The van der Waals surface area contributed by atoms with Gasteiger partial charge < -0.3 is 15.7 Å². The topological polar surface area (TPSA) is 83.0 Å². The molecule has 3 N–H and O–H groups in total. The van der Waals surface area contributed by atoms with Gasteiger partial charge in [0, 0.05) is 25.4 Å². The molecule has 122 valence electrons. The van der Waals surface area contributed by atoms with E-state index in [9.17, 15) is 0 Å². The summed E-state index contributed by atoms with van der Waals surface area (Å²) in [6, 6.07) is 17.7. The lowest BCUT2D eigenvalue weighted by molar-refractivity contribution is 0.311. The fourth-order valence-electron chi connectivity index (χ4n) is 2.22. The van der Waals surface area contributed by atoms with Crippen molar-refractivity contribution in [3.63, 3.8) is 0 Å². The molecule has 2 aromatic heterocycles. The average molecular weight is 321 g/mol. The van der Waals surface area contributed by atoms with Crippen LogP contribution in [0, 0.1) is 0 Å². The van der Waals surface area contributed by atoms with Gasteiger partial charge in [-0.2, -0.15) is 4.98 Å². The Morgan fingerprint density at radius 1 is 0.875 bits per heavy atom. The monoisotopic (exact) mass is 321 g/mol. The molecule has 2 heterocycles. The molecule has 6 nitrogen and oxygen atoms in total. The summed E-state index contributed by atoms with van der Waals surface area (Å²) in [5.41, 5.74) is 2.66. The van der Waals surface area contributed by atoms with Crippen LogP contribution in [0.4, 0.5) is 11.8 Å². The van der Waals surface area contributed by atoms with Gasteiger partial charge in [0.1, 0.15) is 5.82 Å². The van der Waals surface area contributed by atoms with Gasteiger partial charge in [-0.1, -0.05) is 36.4 Å². The summed E-state index contributed by atoms with van der Waals surface area (Å²) in [6.45, 7) is 1.08. The van der Waals surface area contributed by atoms with Crippen molar-refractivity contribution in [1.82, 2.24) is 15.0 Å². The Kier molecular flexibility index (Phi) is 5.32. The van der Waals surface area contributed by atoms with Gasteiger partial charge in [0.05, 0.1) is 18.0 Å². The van der Waals surface area contributed by atoms with Crippen LogP contribution in [0.1, 0.15) is 5.56 Å². The molecule has 0 saturated heterocycles. The van der Waals surface area contributed by atoms with Gasteiger partial charge >= 0.3 is 0 Å². The number of nitrogens with zero attached hydrogens (tertiary/aromatic N) is 3. The number of benzene rings is 1. The van der Waals surface area contributed by atoms with Crippen LogP contribution in [0.15, 0.2) is 60.8 Å². The Bertz CT molecular complexity index is 765. The molecule has 3 aromatic rings. The first kappa shape index (κ1) is 15.9. The predicted octanol–water partition coefficient (Wildman–Crippen LogP) is 2.55. The smallest absolute Gasteiger partial charge is 0.225 e. The summed E-state index contributed by atoms with van der Waals surface area (Å²) >= 11 is 0. The molecule has 6 heteroatoms. The van der Waals surface area contributed by atoms with Crippen molar-refractivity contribution < 1.29 is 5.11 Å². The van der Waals surface area contributed by atoms with E-state index in [-0.39, 0.29) is 6.61 Å².